The predicted octanol–water partition coefficient (Wildman–Crippen LogP) is 2.23. The van der Waals surface area contributed by atoms with Crippen LogP contribution >= 0.6 is 22.7 Å². The van der Waals surface area contributed by atoms with E-state index < -0.39 is 5.97 Å². The highest BCUT2D eigenvalue weighted by atomic mass is 32.1. The molecule has 0 aromatic carbocycles. The van der Waals surface area contributed by atoms with E-state index in [1.165, 1.54) is 46.6 Å². The number of hydrogen-bond acceptors (Lipinski definition) is 6. The van der Waals surface area contributed by atoms with Crippen LogP contribution in [0.2, 0.25) is 0 Å². The number of esters is 1. The molecule has 1 fully saturated rings. The fraction of sp³-hybridized carbons (Fsp3) is 0.450. The van der Waals surface area contributed by atoms with Crippen LogP contribution < -0.4 is 10.5 Å². The number of nitrogens with zero attached hydrogens (tertiary/aromatic N) is 1. The van der Waals surface area contributed by atoms with Gasteiger partial charge in [-0.2, -0.15) is 0 Å². The molecule has 6 nitrogen and oxygen atoms in total. The number of aromatic nitrogens is 2. The summed E-state index contributed by atoms with van der Waals surface area (Å²) >= 11 is 3.11. The average molecular weight is 417 g/mol. The summed E-state index contributed by atoms with van der Waals surface area (Å²) < 4.78 is 4.84. The van der Waals surface area contributed by atoms with Crippen molar-refractivity contribution >= 4 is 38.9 Å². The van der Waals surface area contributed by atoms with Crippen LogP contribution in [0.3, 0.4) is 0 Å². The van der Waals surface area contributed by atoms with Gasteiger partial charge in [0.05, 0.1) is 19.0 Å². The number of carbonyl (C=O) groups excluding carboxylic acids is 1. The first-order chi connectivity index (χ1) is 13.6. The van der Waals surface area contributed by atoms with E-state index in [0.29, 0.717) is 39.1 Å². The normalized spacial score (nSPS) is 21.6. The Morgan fingerprint density at radius 1 is 1.43 bits per heavy atom. The lowest BCUT2D eigenvalue weighted by atomic mass is 9.96. The van der Waals surface area contributed by atoms with Crippen LogP contribution in [0.1, 0.15) is 50.4 Å². The van der Waals surface area contributed by atoms with Gasteiger partial charge >= 0.3 is 5.97 Å². The summed E-state index contributed by atoms with van der Waals surface area (Å²) in [6.07, 6.45) is 3.67. The van der Waals surface area contributed by atoms with Gasteiger partial charge in [0.25, 0.3) is 5.56 Å². The topological polar surface area (TPSA) is 76.5 Å². The third-order valence-electron chi connectivity index (χ3n) is 5.94. The number of fused-ring (bicyclic) bond motifs is 2. The fourth-order valence-corrected chi connectivity index (χ4v) is 6.52. The van der Waals surface area contributed by atoms with Crippen LogP contribution in [-0.2, 0) is 17.7 Å². The Morgan fingerprint density at radius 2 is 2.25 bits per heavy atom. The molecule has 8 heteroatoms. The molecular weight excluding hydrogens is 394 g/mol. The van der Waals surface area contributed by atoms with Gasteiger partial charge in [-0.05, 0) is 36.8 Å². The molecule has 146 valence electrons. The van der Waals surface area contributed by atoms with E-state index in [9.17, 15) is 9.59 Å². The zero-order valence-electron chi connectivity index (χ0n) is 15.8. The maximum atomic E-state index is 12.7. The average Bonchev–Trinajstić information content (AvgIpc) is 3.30. The molecule has 2 N–H and O–H groups in total. The highest BCUT2D eigenvalue weighted by molar-refractivity contribution is 7.20. The molecule has 2 atom stereocenters. The van der Waals surface area contributed by atoms with Crippen molar-refractivity contribution in [1.82, 2.24) is 9.97 Å². The number of quaternary nitrogens is 1. The molecule has 5 rings (SSSR count). The summed E-state index contributed by atoms with van der Waals surface area (Å²) in [6.45, 7) is 3.54. The second kappa shape index (κ2) is 6.79. The van der Waals surface area contributed by atoms with E-state index >= 15 is 0 Å². The maximum absolute atomic E-state index is 12.7. The van der Waals surface area contributed by atoms with Gasteiger partial charge in [0, 0.05) is 22.8 Å². The van der Waals surface area contributed by atoms with Crippen LogP contribution in [0.15, 0.2) is 16.2 Å². The van der Waals surface area contributed by atoms with Crippen molar-refractivity contribution in [2.75, 3.05) is 13.7 Å². The van der Waals surface area contributed by atoms with Crippen molar-refractivity contribution in [3.05, 3.63) is 48.5 Å². The zero-order valence-corrected chi connectivity index (χ0v) is 17.5. The molecule has 0 amide bonds. The van der Waals surface area contributed by atoms with E-state index in [1.54, 1.807) is 6.92 Å². The number of ether oxygens (including phenoxy) is 1. The van der Waals surface area contributed by atoms with Crippen molar-refractivity contribution in [2.24, 2.45) is 5.92 Å². The number of carbonyl (C=O) groups is 1. The summed E-state index contributed by atoms with van der Waals surface area (Å²) in [5.41, 5.74) is 1.98. The number of thiophene rings is 2. The Hall–Kier alpha value is -2.03. The van der Waals surface area contributed by atoms with Crippen molar-refractivity contribution in [3.8, 4) is 0 Å². The van der Waals surface area contributed by atoms with Gasteiger partial charge in [0.15, 0.2) is 5.82 Å². The Morgan fingerprint density at radius 3 is 3.00 bits per heavy atom. The van der Waals surface area contributed by atoms with Crippen LogP contribution in [0, 0.1) is 12.8 Å². The molecule has 3 aromatic heterocycles. The number of nitrogens with one attached hydrogen (secondary N) is 2. The van der Waals surface area contributed by atoms with E-state index in [2.05, 4.69) is 16.4 Å². The predicted molar refractivity (Wildman–Crippen MR) is 109 cm³/mol. The minimum atomic E-state index is -0.415. The monoisotopic (exact) mass is 416 g/mol. The van der Waals surface area contributed by atoms with Crippen LogP contribution in [0.5, 0.6) is 0 Å². The highest BCUT2D eigenvalue weighted by Crippen LogP contribution is 2.42. The SMILES string of the molecule is COC(=O)c1sc2nc(C[NH+]3CCc4sccc4[C@@H]3C3CC3)[nH]c(=O)c2c1C. The fourth-order valence-electron chi connectivity index (χ4n) is 4.47. The van der Waals surface area contributed by atoms with Gasteiger partial charge in [0.2, 0.25) is 0 Å². The molecule has 0 bridgehead atoms. The number of hydrogen-bond donors (Lipinski definition) is 2. The molecule has 1 unspecified atom stereocenters. The summed E-state index contributed by atoms with van der Waals surface area (Å²) in [7, 11) is 1.35. The molecule has 1 aliphatic heterocycles. The first-order valence-electron chi connectivity index (χ1n) is 9.58. The third kappa shape index (κ3) is 2.91. The maximum Gasteiger partial charge on any atom is 0.348 e. The Bertz CT molecular complexity index is 1130. The molecule has 3 aromatic rings. The second-order valence-electron chi connectivity index (χ2n) is 7.69. The number of methoxy groups -OCH3 is 1. The largest absolute Gasteiger partial charge is 0.465 e. The number of rotatable bonds is 4. The van der Waals surface area contributed by atoms with Crippen LogP contribution in [-0.4, -0.2) is 29.6 Å². The molecule has 0 radical (unpaired) electrons. The van der Waals surface area contributed by atoms with E-state index in [4.69, 9.17) is 9.72 Å². The standard InChI is InChI=1S/C20H21N3O3S2/c1-10-15-18(24)21-14(22-19(15)28-17(10)20(25)26-2)9-23-7-5-13-12(6-8-27-13)16(23)11-3-4-11/h6,8,11,16H,3-5,7,9H2,1-2H3,(H,21,22,24)/p+1/t16-/m0/s1. The minimum Gasteiger partial charge on any atom is -0.465 e. The Balaban J connectivity index is 1.50. The quantitative estimate of drug-likeness (QED) is 0.640. The van der Waals surface area contributed by atoms with Crippen molar-refractivity contribution in [3.63, 3.8) is 0 Å². The minimum absolute atomic E-state index is 0.167. The first kappa shape index (κ1) is 18.0. The lowest BCUT2D eigenvalue weighted by Crippen LogP contribution is -3.12. The number of aromatic amines is 1. The summed E-state index contributed by atoms with van der Waals surface area (Å²) in [5, 5.41) is 2.71. The van der Waals surface area contributed by atoms with E-state index in [1.807, 2.05) is 11.3 Å². The van der Waals surface area contributed by atoms with E-state index in [-0.39, 0.29) is 5.56 Å². The Kier molecular flexibility index (Phi) is 4.37. The van der Waals surface area contributed by atoms with Gasteiger partial charge in [0.1, 0.15) is 22.3 Å². The van der Waals surface area contributed by atoms with Gasteiger partial charge in [-0.15, -0.1) is 22.7 Å². The van der Waals surface area contributed by atoms with Crippen LogP contribution in [0.25, 0.3) is 10.2 Å². The van der Waals surface area contributed by atoms with Crippen LogP contribution in [0.4, 0.5) is 0 Å². The molecular formula is C20H22N3O3S2+. The van der Waals surface area contributed by atoms with Gasteiger partial charge in [-0.3, -0.25) is 4.79 Å². The van der Waals surface area contributed by atoms with Crippen molar-refractivity contribution in [2.45, 2.75) is 38.8 Å². The molecule has 1 saturated carbocycles. The first-order valence-corrected chi connectivity index (χ1v) is 11.3. The van der Waals surface area contributed by atoms with Gasteiger partial charge in [-0.1, -0.05) is 0 Å². The van der Waals surface area contributed by atoms with Crippen molar-refractivity contribution in [1.29, 1.82) is 0 Å². The molecule has 0 saturated heterocycles. The lowest BCUT2D eigenvalue weighted by Gasteiger charge is -2.32. The smallest absolute Gasteiger partial charge is 0.348 e. The molecule has 2 aliphatic rings. The summed E-state index contributed by atoms with van der Waals surface area (Å²) in [4.78, 5) is 36.5. The molecule has 1 aliphatic carbocycles. The molecule has 0 spiro atoms. The second-order valence-corrected chi connectivity index (χ2v) is 9.69. The van der Waals surface area contributed by atoms with Gasteiger partial charge in [-0.25, -0.2) is 9.78 Å². The summed E-state index contributed by atoms with van der Waals surface area (Å²) in [6, 6.07) is 2.79. The molecule has 4 heterocycles. The van der Waals surface area contributed by atoms with Crippen molar-refractivity contribution < 1.29 is 14.4 Å². The third-order valence-corrected chi connectivity index (χ3v) is 8.10. The zero-order chi connectivity index (χ0) is 19.4. The highest BCUT2D eigenvalue weighted by Gasteiger charge is 2.43. The van der Waals surface area contributed by atoms with Gasteiger partial charge < -0.3 is 14.6 Å². The molecule has 28 heavy (non-hydrogen) atoms. The summed E-state index contributed by atoms with van der Waals surface area (Å²) in [5.74, 6) is 1.03. The Labute approximate surface area is 170 Å². The lowest BCUT2D eigenvalue weighted by molar-refractivity contribution is -0.950. The number of aryl methyl sites for hydroxylation is 1. The number of H-pyrrole nitrogens is 1. The van der Waals surface area contributed by atoms with E-state index in [0.717, 1.165) is 18.9 Å².